The van der Waals surface area contributed by atoms with Crippen molar-refractivity contribution in [2.45, 2.75) is 58.5 Å². The van der Waals surface area contributed by atoms with Gasteiger partial charge < -0.3 is 13.6 Å². The lowest BCUT2D eigenvalue weighted by Gasteiger charge is -2.33. The third-order valence-corrected chi connectivity index (χ3v) is 6.96. The number of hydrogen-bond acceptors (Lipinski definition) is 3. The average Bonchev–Trinajstić information content (AvgIpc) is 2.30. The van der Waals surface area contributed by atoms with Gasteiger partial charge in [-0.05, 0) is 26.3 Å². The van der Waals surface area contributed by atoms with Crippen LogP contribution in [-0.4, -0.2) is 28.1 Å². The van der Waals surface area contributed by atoms with Gasteiger partial charge in [0.25, 0.3) is 0 Å². The van der Waals surface area contributed by atoms with Crippen molar-refractivity contribution in [3.63, 3.8) is 0 Å². The molecule has 0 aliphatic heterocycles. The highest BCUT2D eigenvalue weighted by atomic mass is 28.4. The first-order chi connectivity index (χ1) is 7.70. The molecule has 0 aliphatic carbocycles. The minimum Gasteiger partial charge on any atom is -0.394 e. The van der Waals surface area contributed by atoms with E-state index in [0.29, 0.717) is 13.2 Å². The van der Waals surface area contributed by atoms with Gasteiger partial charge >= 0.3 is 8.56 Å². The SMILES string of the molecule is CCCCC(C=O)[Si](CC)(OCC)OCC. The van der Waals surface area contributed by atoms with Crippen molar-refractivity contribution < 1.29 is 13.6 Å². The lowest BCUT2D eigenvalue weighted by Crippen LogP contribution is -2.47. The van der Waals surface area contributed by atoms with E-state index >= 15 is 0 Å². The standard InChI is InChI=1S/C12H26O3Si/c1-5-9-10-12(11-13)16(8-4,14-6-2)15-7-3/h11-12H,5-10H2,1-4H3. The van der Waals surface area contributed by atoms with Gasteiger partial charge in [-0.2, -0.15) is 0 Å². The Morgan fingerprint density at radius 2 is 1.69 bits per heavy atom. The van der Waals surface area contributed by atoms with E-state index < -0.39 is 8.56 Å². The molecule has 0 bridgehead atoms. The fourth-order valence-electron chi connectivity index (χ4n) is 2.03. The molecule has 0 aromatic carbocycles. The van der Waals surface area contributed by atoms with E-state index in [1.807, 2.05) is 13.8 Å². The topological polar surface area (TPSA) is 35.5 Å². The van der Waals surface area contributed by atoms with E-state index in [9.17, 15) is 4.79 Å². The molecule has 0 N–H and O–H groups in total. The van der Waals surface area contributed by atoms with Crippen molar-refractivity contribution in [2.75, 3.05) is 13.2 Å². The molecule has 1 atom stereocenters. The molecular weight excluding hydrogens is 220 g/mol. The number of unbranched alkanes of at least 4 members (excludes halogenated alkanes) is 1. The third kappa shape index (κ3) is 4.35. The van der Waals surface area contributed by atoms with Gasteiger partial charge in [0, 0.05) is 13.2 Å². The smallest absolute Gasteiger partial charge is 0.348 e. The van der Waals surface area contributed by atoms with E-state index in [2.05, 4.69) is 13.8 Å². The lowest BCUT2D eigenvalue weighted by atomic mass is 10.2. The van der Waals surface area contributed by atoms with Crippen LogP contribution in [-0.2, 0) is 13.6 Å². The third-order valence-electron chi connectivity index (χ3n) is 2.87. The zero-order valence-corrected chi connectivity index (χ0v) is 12.1. The normalized spacial score (nSPS) is 13.8. The van der Waals surface area contributed by atoms with Crippen LogP contribution in [0.1, 0.15) is 47.0 Å². The minimum atomic E-state index is -2.30. The maximum atomic E-state index is 11.2. The highest BCUT2D eigenvalue weighted by molar-refractivity contribution is 6.71. The summed E-state index contributed by atoms with van der Waals surface area (Å²) in [7, 11) is -2.30. The van der Waals surface area contributed by atoms with Crippen LogP contribution in [0, 0.1) is 0 Å². The van der Waals surface area contributed by atoms with Gasteiger partial charge in [0.15, 0.2) is 0 Å². The number of hydrogen-bond donors (Lipinski definition) is 0. The molecule has 4 heteroatoms. The highest BCUT2D eigenvalue weighted by Gasteiger charge is 2.43. The zero-order valence-electron chi connectivity index (χ0n) is 11.1. The van der Waals surface area contributed by atoms with Crippen LogP contribution < -0.4 is 0 Å². The second-order valence-corrected chi connectivity index (χ2v) is 7.57. The van der Waals surface area contributed by atoms with Crippen LogP contribution >= 0.6 is 0 Å². The van der Waals surface area contributed by atoms with Crippen LogP contribution in [0.3, 0.4) is 0 Å². The van der Waals surface area contributed by atoms with Crippen molar-refractivity contribution in [2.24, 2.45) is 0 Å². The van der Waals surface area contributed by atoms with Crippen LogP contribution in [0.15, 0.2) is 0 Å². The zero-order chi connectivity index (χ0) is 12.4. The Labute approximate surface area is 101 Å². The Bertz CT molecular complexity index is 179. The number of aldehydes is 1. The molecule has 1 unspecified atom stereocenters. The van der Waals surface area contributed by atoms with Gasteiger partial charge in [-0.1, -0.05) is 26.7 Å². The molecule has 0 saturated carbocycles. The molecule has 0 amide bonds. The molecular formula is C12H26O3Si. The van der Waals surface area contributed by atoms with Crippen molar-refractivity contribution in [1.82, 2.24) is 0 Å². The van der Waals surface area contributed by atoms with Gasteiger partial charge in [0.05, 0.1) is 5.54 Å². The summed E-state index contributed by atoms with van der Waals surface area (Å²) in [5.74, 6) is 0. The first-order valence-corrected chi connectivity index (χ1v) is 8.53. The summed E-state index contributed by atoms with van der Waals surface area (Å²) in [4.78, 5) is 11.2. The Kier molecular flexibility index (Phi) is 8.79. The molecule has 96 valence electrons. The molecule has 0 aromatic rings. The molecule has 0 saturated heterocycles. The van der Waals surface area contributed by atoms with Crippen molar-refractivity contribution in [3.05, 3.63) is 0 Å². The Hall–Kier alpha value is -0.193. The van der Waals surface area contributed by atoms with Crippen molar-refractivity contribution >= 4 is 14.8 Å². The maximum Gasteiger partial charge on any atom is 0.348 e. The van der Waals surface area contributed by atoms with E-state index in [-0.39, 0.29) is 5.54 Å². The Morgan fingerprint density at radius 1 is 1.12 bits per heavy atom. The van der Waals surface area contributed by atoms with E-state index in [4.69, 9.17) is 8.85 Å². The fraction of sp³-hybridized carbons (Fsp3) is 0.917. The van der Waals surface area contributed by atoms with Gasteiger partial charge in [-0.3, -0.25) is 0 Å². The number of carbonyl (C=O) groups excluding carboxylic acids is 1. The first-order valence-electron chi connectivity index (χ1n) is 6.43. The molecule has 0 aromatic heterocycles. The van der Waals surface area contributed by atoms with Gasteiger partial charge in [-0.15, -0.1) is 0 Å². The van der Waals surface area contributed by atoms with Gasteiger partial charge in [0.2, 0.25) is 0 Å². The number of rotatable bonds is 10. The van der Waals surface area contributed by atoms with E-state index in [1.165, 1.54) is 0 Å². The second-order valence-electron chi connectivity index (χ2n) is 3.92. The molecule has 0 fully saturated rings. The molecule has 0 radical (unpaired) electrons. The van der Waals surface area contributed by atoms with E-state index in [1.54, 1.807) is 0 Å². The summed E-state index contributed by atoms with van der Waals surface area (Å²) in [6, 6.07) is 0.849. The Balaban J connectivity index is 4.70. The van der Waals surface area contributed by atoms with Crippen LogP contribution in [0.4, 0.5) is 0 Å². The Morgan fingerprint density at radius 3 is 2.00 bits per heavy atom. The molecule has 16 heavy (non-hydrogen) atoms. The van der Waals surface area contributed by atoms with Crippen molar-refractivity contribution in [1.29, 1.82) is 0 Å². The molecule has 0 heterocycles. The van der Waals surface area contributed by atoms with Crippen LogP contribution in [0.5, 0.6) is 0 Å². The second kappa shape index (κ2) is 8.90. The maximum absolute atomic E-state index is 11.2. The van der Waals surface area contributed by atoms with Crippen LogP contribution in [0.25, 0.3) is 0 Å². The summed E-state index contributed by atoms with van der Waals surface area (Å²) in [6.07, 6.45) is 4.13. The molecule has 3 nitrogen and oxygen atoms in total. The lowest BCUT2D eigenvalue weighted by molar-refractivity contribution is -0.108. The van der Waals surface area contributed by atoms with Gasteiger partial charge in [-0.25, -0.2) is 0 Å². The monoisotopic (exact) mass is 246 g/mol. The first kappa shape index (κ1) is 15.8. The summed E-state index contributed by atoms with van der Waals surface area (Å²) < 4.78 is 11.7. The van der Waals surface area contributed by atoms with E-state index in [0.717, 1.165) is 31.6 Å². The minimum absolute atomic E-state index is 0.0163. The van der Waals surface area contributed by atoms with Crippen molar-refractivity contribution in [3.8, 4) is 0 Å². The summed E-state index contributed by atoms with van der Waals surface area (Å²) >= 11 is 0. The molecule has 0 aliphatic rings. The highest BCUT2D eigenvalue weighted by Crippen LogP contribution is 2.31. The predicted octanol–water partition coefficient (Wildman–Crippen LogP) is 3.28. The number of carbonyl (C=O) groups is 1. The summed E-state index contributed by atoms with van der Waals surface area (Å²) in [5.41, 5.74) is -0.0163. The summed E-state index contributed by atoms with van der Waals surface area (Å²) in [6.45, 7) is 9.42. The molecule has 0 rings (SSSR count). The van der Waals surface area contributed by atoms with Crippen LogP contribution in [0.2, 0.25) is 11.6 Å². The van der Waals surface area contributed by atoms with Gasteiger partial charge in [0.1, 0.15) is 6.29 Å². The predicted molar refractivity (Wildman–Crippen MR) is 68.8 cm³/mol. The average molecular weight is 246 g/mol. The quantitative estimate of drug-likeness (QED) is 0.438. The molecule has 0 spiro atoms. The fourth-order valence-corrected chi connectivity index (χ4v) is 5.30. The summed E-state index contributed by atoms with van der Waals surface area (Å²) in [5, 5.41) is 0. The largest absolute Gasteiger partial charge is 0.394 e.